The zero-order valence-corrected chi connectivity index (χ0v) is 14.3. The Labute approximate surface area is 150 Å². The van der Waals surface area contributed by atoms with Gasteiger partial charge in [-0.1, -0.05) is 30.3 Å². The van der Waals surface area contributed by atoms with Gasteiger partial charge < -0.3 is 9.88 Å². The lowest BCUT2D eigenvalue weighted by Gasteiger charge is -2.31. The van der Waals surface area contributed by atoms with Crippen LogP contribution in [0.1, 0.15) is 35.1 Å². The van der Waals surface area contributed by atoms with Gasteiger partial charge in [0.05, 0.1) is 16.6 Å². The van der Waals surface area contributed by atoms with E-state index in [1.165, 1.54) is 0 Å². The predicted octanol–water partition coefficient (Wildman–Crippen LogP) is 3.46. The number of likely N-dealkylation sites (tertiary alicyclic amines) is 1. The first kappa shape index (κ1) is 15.1. The number of carbonyl (C=O) groups excluding carboxylic acids is 1. The number of imidazole rings is 1. The SMILES string of the molecule is O=C(c1n[nH]c2ccccc12)N1CCC[C@@H](c2nc3ccccc3[nH]2)C1. The Morgan fingerprint density at radius 1 is 1.08 bits per heavy atom. The number of aromatic amines is 2. The molecule has 0 aliphatic carbocycles. The smallest absolute Gasteiger partial charge is 0.275 e. The molecule has 1 aliphatic heterocycles. The van der Waals surface area contributed by atoms with Crippen molar-refractivity contribution in [3.05, 3.63) is 60.0 Å². The first-order valence-corrected chi connectivity index (χ1v) is 8.96. The van der Waals surface area contributed by atoms with E-state index in [0.717, 1.165) is 47.1 Å². The third-order valence-electron chi connectivity index (χ3n) is 5.18. The lowest BCUT2D eigenvalue weighted by Crippen LogP contribution is -2.39. The summed E-state index contributed by atoms with van der Waals surface area (Å²) in [5, 5.41) is 8.09. The number of nitrogens with one attached hydrogen (secondary N) is 2. The molecule has 1 aliphatic rings. The minimum atomic E-state index is -0.0109. The first-order chi connectivity index (χ1) is 12.8. The van der Waals surface area contributed by atoms with Crippen LogP contribution in [0.5, 0.6) is 0 Å². The molecule has 1 saturated heterocycles. The van der Waals surface area contributed by atoms with Gasteiger partial charge in [0.25, 0.3) is 5.91 Å². The highest BCUT2D eigenvalue weighted by molar-refractivity contribution is 6.04. The van der Waals surface area contributed by atoms with E-state index in [-0.39, 0.29) is 11.8 Å². The number of nitrogens with zero attached hydrogens (tertiary/aromatic N) is 3. The Bertz CT molecular complexity index is 1060. The summed E-state index contributed by atoms with van der Waals surface area (Å²) in [7, 11) is 0. The number of fused-ring (bicyclic) bond motifs is 2. The van der Waals surface area contributed by atoms with Crippen molar-refractivity contribution in [2.24, 2.45) is 0 Å². The van der Waals surface area contributed by atoms with Crippen LogP contribution in [0.3, 0.4) is 0 Å². The molecule has 4 aromatic rings. The fraction of sp³-hybridized carbons (Fsp3) is 0.250. The van der Waals surface area contributed by atoms with Gasteiger partial charge in [-0.2, -0.15) is 5.10 Å². The average Bonchev–Trinajstić information content (AvgIpc) is 3.32. The molecule has 3 heterocycles. The van der Waals surface area contributed by atoms with Crippen molar-refractivity contribution in [2.75, 3.05) is 13.1 Å². The maximum absolute atomic E-state index is 13.0. The summed E-state index contributed by atoms with van der Waals surface area (Å²) in [4.78, 5) is 23.1. The van der Waals surface area contributed by atoms with E-state index in [4.69, 9.17) is 4.98 Å². The molecular formula is C20H19N5O. The fourth-order valence-electron chi connectivity index (χ4n) is 3.83. The Morgan fingerprint density at radius 2 is 1.88 bits per heavy atom. The highest BCUT2D eigenvalue weighted by Crippen LogP contribution is 2.28. The number of hydrogen-bond acceptors (Lipinski definition) is 3. The summed E-state index contributed by atoms with van der Waals surface area (Å²) in [6, 6.07) is 15.8. The molecule has 2 aromatic heterocycles. The van der Waals surface area contributed by atoms with Crippen LogP contribution in [0.25, 0.3) is 21.9 Å². The minimum absolute atomic E-state index is 0.0109. The maximum atomic E-state index is 13.0. The number of carbonyl (C=O) groups is 1. The van der Waals surface area contributed by atoms with Crippen molar-refractivity contribution in [2.45, 2.75) is 18.8 Å². The van der Waals surface area contributed by atoms with Crippen LogP contribution in [-0.4, -0.2) is 44.1 Å². The van der Waals surface area contributed by atoms with Gasteiger partial charge in [-0.25, -0.2) is 4.98 Å². The number of amides is 1. The van der Waals surface area contributed by atoms with E-state index in [0.29, 0.717) is 12.2 Å². The Kier molecular flexibility index (Phi) is 3.48. The minimum Gasteiger partial charge on any atom is -0.342 e. The highest BCUT2D eigenvalue weighted by atomic mass is 16.2. The molecule has 1 atom stereocenters. The quantitative estimate of drug-likeness (QED) is 0.584. The van der Waals surface area contributed by atoms with Crippen molar-refractivity contribution in [3.63, 3.8) is 0 Å². The molecule has 130 valence electrons. The van der Waals surface area contributed by atoms with Crippen LogP contribution < -0.4 is 0 Å². The van der Waals surface area contributed by atoms with Crippen LogP contribution in [0, 0.1) is 0 Å². The van der Waals surface area contributed by atoms with Gasteiger partial charge in [0.1, 0.15) is 5.82 Å². The average molecular weight is 345 g/mol. The third kappa shape index (κ3) is 2.45. The summed E-state index contributed by atoms with van der Waals surface area (Å²) >= 11 is 0. The number of aromatic nitrogens is 4. The topological polar surface area (TPSA) is 77.7 Å². The van der Waals surface area contributed by atoms with E-state index < -0.39 is 0 Å². The molecule has 26 heavy (non-hydrogen) atoms. The Morgan fingerprint density at radius 3 is 2.77 bits per heavy atom. The second-order valence-electron chi connectivity index (χ2n) is 6.85. The highest BCUT2D eigenvalue weighted by Gasteiger charge is 2.29. The van der Waals surface area contributed by atoms with Gasteiger partial charge in [0, 0.05) is 24.4 Å². The van der Waals surface area contributed by atoms with Crippen LogP contribution in [0.4, 0.5) is 0 Å². The predicted molar refractivity (Wildman–Crippen MR) is 100 cm³/mol. The Balaban J connectivity index is 1.42. The lowest BCUT2D eigenvalue weighted by molar-refractivity contribution is 0.0701. The van der Waals surface area contributed by atoms with Crippen molar-refractivity contribution in [1.82, 2.24) is 25.1 Å². The number of piperidine rings is 1. The van der Waals surface area contributed by atoms with E-state index in [2.05, 4.69) is 15.2 Å². The normalized spacial score (nSPS) is 17.8. The molecule has 5 rings (SSSR count). The van der Waals surface area contributed by atoms with E-state index in [1.807, 2.05) is 53.4 Å². The van der Waals surface area contributed by atoms with Gasteiger partial charge >= 0.3 is 0 Å². The molecule has 1 fully saturated rings. The van der Waals surface area contributed by atoms with Crippen LogP contribution in [0.15, 0.2) is 48.5 Å². The number of hydrogen-bond donors (Lipinski definition) is 2. The van der Waals surface area contributed by atoms with Gasteiger partial charge in [0.2, 0.25) is 0 Å². The van der Waals surface area contributed by atoms with Crippen molar-refractivity contribution < 1.29 is 4.79 Å². The largest absolute Gasteiger partial charge is 0.342 e. The second kappa shape index (κ2) is 5.98. The molecule has 2 aromatic carbocycles. The van der Waals surface area contributed by atoms with E-state index in [9.17, 15) is 4.79 Å². The summed E-state index contributed by atoms with van der Waals surface area (Å²) in [6.45, 7) is 1.43. The third-order valence-corrected chi connectivity index (χ3v) is 5.18. The molecule has 2 N–H and O–H groups in total. The standard InChI is InChI=1S/C20H19N5O/c26-20(18-14-7-1-2-8-15(14)23-24-18)25-11-5-6-13(12-25)19-21-16-9-3-4-10-17(16)22-19/h1-4,7-10,13H,5-6,11-12H2,(H,21,22)(H,23,24)/t13-/m1/s1. The Hall–Kier alpha value is -3.15. The molecular weight excluding hydrogens is 326 g/mol. The van der Waals surface area contributed by atoms with Gasteiger partial charge in [0.15, 0.2) is 5.69 Å². The molecule has 1 amide bonds. The zero-order chi connectivity index (χ0) is 17.5. The molecule has 0 radical (unpaired) electrons. The summed E-state index contributed by atoms with van der Waals surface area (Å²) in [5.74, 6) is 1.18. The molecule has 6 heteroatoms. The van der Waals surface area contributed by atoms with Crippen LogP contribution >= 0.6 is 0 Å². The van der Waals surface area contributed by atoms with Gasteiger partial charge in [-0.3, -0.25) is 9.89 Å². The number of benzene rings is 2. The zero-order valence-electron chi connectivity index (χ0n) is 14.3. The number of H-pyrrole nitrogens is 2. The summed E-state index contributed by atoms with van der Waals surface area (Å²) in [6.07, 6.45) is 2.00. The lowest BCUT2D eigenvalue weighted by atomic mass is 9.97. The van der Waals surface area contributed by atoms with Crippen molar-refractivity contribution in [1.29, 1.82) is 0 Å². The fourth-order valence-corrected chi connectivity index (χ4v) is 3.83. The van der Waals surface area contributed by atoms with E-state index in [1.54, 1.807) is 0 Å². The molecule has 0 bridgehead atoms. The van der Waals surface area contributed by atoms with Crippen LogP contribution in [0.2, 0.25) is 0 Å². The van der Waals surface area contributed by atoms with Gasteiger partial charge in [-0.05, 0) is 31.0 Å². The van der Waals surface area contributed by atoms with E-state index >= 15 is 0 Å². The number of para-hydroxylation sites is 3. The first-order valence-electron chi connectivity index (χ1n) is 8.96. The molecule has 0 unspecified atom stereocenters. The van der Waals surface area contributed by atoms with Crippen LogP contribution in [-0.2, 0) is 0 Å². The number of rotatable bonds is 2. The second-order valence-corrected chi connectivity index (χ2v) is 6.85. The summed E-state index contributed by atoms with van der Waals surface area (Å²) in [5.41, 5.74) is 3.42. The van der Waals surface area contributed by atoms with Crippen molar-refractivity contribution in [3.8, 4) is 0 Å². The van der Waals surface area contributed by atoms with Crippen molar-refractivity contribution >= 4 is 27.8 Å². The van der Waals surface area contributed by atoms with Gasteiger partial charge in [-0.15, -0.1) is 0 Å². The molecule has 0 saturated carbocycles. The monoisotopic (exact) mass is 345 g/mol. The molecule has 0 spiro atoms. The summed E-state index contributed by atoms with van der Waals surface area (Å²) < 4.78 is 0. The maximum Gasteiger partial charge on any atom is 0.275 e. The molecule has 6 nitrogen and oxygen atoms in total.